The topological polar surface area (TPSA) is 98.7 Å². The lowest BCUT2D eigenvalue weighted by Gasteiger charge is -2.26. The van der Waals surface area contributed by atoms with Gasteiger partial charge in [-0.3, -0.25) is 0 Å². The Morgan fingerprint density at radius 1 is 0.885 bits per heavy atom. The first kappa shape index (κ1) is 20.6. The maximum absolute atomic E-state index is 10.9. The van der Waals surface area contributed by atoms with Crippen molar-refractivity contribution < 1.29 is 15.2 Å². The first-order valence-corrected chi connectivity index (χ1v) is 9.21. The second-order valence-corrected chi connectivity index (χ2v) is 6.68. The molecule has 0 amide bonds. The van der Waals surface area contributed by atoms with Gasteiger partial charge in [-0.25, -0.2) is 0 Å². The summed E-state index contributed by atoms with van der Waals surface area (Å²) in [5.41, 5.74) is 8.06. The minimum atomic E-state index is -1.24. The van der Waals surface area contributed by atoms with E-state index in [0.717, 1.165) is 30.4 Å². The number of nitrogens with one attached hydrogen (secondary N) is 1. The molecule has 6 N–H and O–H groups in total. The maximum atomic E-state index is 10.9. The third-order valence-corrected chi connectivity index (χ3v) is 4.50. The van der Waals surface area contributed by atoms with Crippen molar-refractivity contribution in [3.8, 4) is 0 Å². The molecule has 2 rings (SSSR count). The molecule has 0 heterocycles. The molecule has 3 atom stereocenters. The van der Waals surface area contributed by atoms with Gasteiger partial charge in [0.2, 0.25) is 0 Å². The van der Waals surface area contributed by atoms with E-state index >= 15 is 0 Å². The average Bonchev–Trinajstić information content (AvgIpc) is 2.66. The molecule has 0 spiro atoms. The fraction of sp³-hybridized carbons (Fsp3) is 0.400. The van der Waals surface area contributed by atoms with Crippen LogP contribution < -0.4 is 11.1 Å². The van der Waals surface area contributed by atoms with E-state index in [9.17, 15) is 5.11 Å². The number of aliphatic hydroxyl groups is 1. The van der Waals surface area contributed by atoms with Crippen molar-refractivity contribution in [2.24, 2.45) is 5.73 Å². The van der Waals surface area contributed by atoms with Gasteiger partial charge >= 0.3 is 7.12 Å². The van der Waals surface area contributed by atoms with Gasteiger partial charge in [-0.05, 0) is 23.9 Å². The second kappa shape index (κ2) is 11.1. The summed E-state index contributed by atoms with van der Waals surface area (Å²) in [6, 6.07) is 19.2. The van der Waals surface area contributed by atoms with E-state index in [4.69, 9.17) is 15.8 Å². The van der Waals surface area contributed by atoms with Gasteiger partial charge in [-0.15, -0.1) is 0 Å². The number of rotatable bonds is 11. The third-order valence-electron chi connectivity index (χ3n) is 4.50. The van der Waals surface area contributed by atoms with E-state index in [-0.39, 0.29) is 12.1 Å². The number of hydrogen-bond donors (Lipinski definition) is 5. The molecule has 0 aliphatic rings. The highest BCUT2D eigenvalue weighted by Crippen LogP contribution is 2.28. The van der Waals surface area contributed by atoms with Crippen LogP contribution in [0.15, 0.2) is 60.7 Å². The highest BCUT2D eigenvalue weighted by Gasteiger charge is 2.22. The highest BCUT2D eigenvalue weighted by molar-refractivity contribution is 6.40. The molecule has 6 heteroatoms. The lowest BCUT2D eigenvalue weighted by molar-refractivity contribution is 0.127. The van der Waals surface area contributed by atoms with Crippen LogP contribution in [0.2, 0.25) is 6.32 Å². The van der Waals surface area contributed by atoms with Crippen LogP contribution in [0.3, 0.4) is 0 Å². The number of benzene rings is 2. The Bertz CT molecular complexity index is 613. The first-order chi connectivity index (χ1) is 12.6. The van der Waals surface area contributed by atoms with Gasteiger partial charge in [-0.2, -0.15) is 0 Å². The van der Waals surface area contributed by atoms with Gasteiger partial charge in [0.1, 0.15) is 0 Å². The van der Waals surface area contributed by atoms with E-state index in [2.05, 4.69) is 5.32 Å². The third kappa shape index (κ3) is 6.90. The quantitative estimate of drug-likeness (QED) is 0.313. The lowest BCUT2D eigenvalue weighted by atomic mass is 9.83. The Balaban J connectivity index is 1.95. The molecule has 2 aromatic carbocycles. The van der Waals surface area contributed by atoms with Crippen LogP contribution >= 0.6 is 0 Å². The molecule has 0 saturated heterocycles. The predicted molar refractivity (Wildman–Crippen MR) is 105 cm³/mol. The Morgan fingerprint density at radius 3 is 2.04 bits per heavy atom. The molecule has 2 aromatic rings. The minimum absolute atomic E-state index is 0.0555. The lowest BCUT2D eigenvalue weighted by Crippen LogP contribution is -2.38. The van der Waals surface area contributed by atoms with E-state index in [1.54, 1.807) is 0 Å². The molecular weight excluding hydrogens is 327 g/mol. The zero-order valence-corrected chi connectivity index (χ0v) is 15.0. The maximum Gasteiger partial charge on any atom is 0.451 e. The zero-order valence-electron chi connectivity index (χ0n) is 15.0. The fourth-order valence-electron chi connectivity index (χ4n) is 3.03. The Morgan fingerprint density at radius 2 is 1.46 bits per heavy atom. The smallest absolute Gasteiger partial charge is 0.427 e. The summed E-state index contributed by atoms with van der Waals surface area (Å²) in [4.78, 5) is 0. The molecule has 0 bridgehead atoms. The summed E-state index contributed by atoms with van der Waals surface area (Å²) >= 11 is 0. The molecule has 0 aliphatic heterocycles. The summed E-state index contributed by atoms with van der Waals surface area (Å²) in [5.74, 6) is 0. The molecule has 0 saturated carbocycles. The molecule has 0 aromatic heterocycles. The minimum Gasteiger partial charge on any atom is -0.427 e. The largest absolute Gasteiger partial charge is 0.451 e. The molecule has 0 aliphatic carbocycles. The van der Waals surface area contributed by atoms with Crippen LogP contribution in [0.25, 0.3) is 0 Å². The van der Waals surface area contributed by atoms with Gasteiger partial charge in [0.25, 0.3) is 0 Å². The van der Waals surface area contributed by atoms with E-state index in [1.165, 1.54) is 0 Å². The fourth-order valence-corrected chi connectivity index (χ4v) is 3.03. The summed E-state index contributed by atoms with van der Waals surface area (Å²) in [6.07, 6.45) is 2.08. The average molecular weight is 356 g/mol. The van der Waals surface area contributed by atoms with Crippen LogP contribution in [0.4, 0.5) is 0 Å². The molecule has 0 radical (unpaired) electrons. The highest BCUT2D eigenvalue weighted by atomic mass is 16.4. The Hall–Kier alpha value is -1.70. The number of aliphatic hydroxyl groups excluding tert-OH is 1. The van der Waals surface area contributed by atoms with Crippen LogP contribution in [0.1, 0.15) is 42.5 Å². The predicted octanol–water partition coefficient (Wildman–Crippen LogP) is 2.02. The normalized spacial score (nSPS) is 14.6. The van der Waals surface area contributed by atoms with Gasteiger partial charge in [0.15, 0.2) is 0 Å². The van der Waals surface area contributed by atoms with Crippen LogP contribution in [0.5, 0.6) is 0 Å². The van der Waals surface area contributed by atoms with Crippen LogP contribution in [-0.2, 0) is 0 Å². The van der Waals surface area contributed by atoms with Crippen molar-refractivity contribution in [1.29, 1.82) is 0 Å². The van der Waals surface area contributed by atoms with Crippen LogP contribution in [0, 0.1) is 0 Å². The molecule has 1 unspecified atom stereocenters. The van der Waals surface area contributed by atoms with Gasteiger partial charge in [-0.1, -0.05) is 73.5 Å². The van der Waals surface area contributed by atoms with Gasteiger partial charge < -0.3 is 26.2 Å². The van der Waals surface area contributed by atoms with E-state index in [0.29, 0.717) is 12.9 Å². The standard InChI is InChI=1S/C20H29BN2O3/c22-18(13-7-8-14-21(25)26)15-23-19(16-9-3-1-4-10-16)20(24)17-11-5-2-6-12-17/h1-6,9-12,18-20,23-26H,7-8,13-15,22H2/t18?,19-,20+/m0/s1. The summed E-state index contributed by atoms with van der Waals surface area (Å²) in [6.45, 7) is 0.575. The molecule has 140 valence electrons. The molecule has 5 nitrogen and oxygen atoms in total. The Labute approximate surface area is 156 Å². The van der Waals surface area contributed by atoms with E-state index in [1.807, 2.05) is 60.7 Å². The van der Waals surface area contributed by atoms with Crippen LogP contribution in [-0.4, -0.2) is 34.9 Å². The van der Waals surface area contributed by atoms with Gasteiger partial charge in [0.05, 0.1) is 12.1 Å². The zero-order chi connectivity index (χ0) is 18.8. The molecule has 0 fully saturated rings. The summed E-state index contributed by atoms with van der Waals surface area (Å²) < 4.78 is 0. The van der Waals surface area contributed by atoms with Crippen molar-refractivity contribution in [1.82, 2.24) is 5.32 Å². The molecular formula is C20H29BN2O3. The van der Waals surface area contributed by atoms with Crippen molar-refractivity contribution in [3.05, 3.63) is 71.8 Å². The van der Waals surface area contributed by atoms with Crippen molar-refractivity contribution >= 4 is 7.12 Å². The number of nitrogens with two attached hydrogens (primary N) is 1. The monoisotopic (exact) mass is 356 g/mol. The first-order valence-electron chi connectivity index (χ1n) is 9.21. The SMILES string of the molecule is NC(CCCCB(O)O)CN[C@@H](c1ccccc1)[C@H](O)c1ccccc1. The number of unbranched alkanes of at least 4 members (excludes halogenated alkanes) is 1. The van der Waals surface area contributed by atoms with Crippen molar-refractivity contribution in [3.63, 3.8) is 0 Å². The van der Waals surface area contributed by atoms with E-state index < -0.39 is 13.2 Å². The number of hydrogen-bond acceptors (Lipinski definition) is 5. The van der Waals surface area contributed by atoms with Gasteiger partial charge in [0, 0.05) is 12.6 Å². The van der Waals surface area contributed by atoms with Crippen molar-refractivity contribution in [2.45, 2.75) is 43.8 Å². The summed E-state index contributed by atoms with van der Waals surface area (Å²) in [5, 5.41) is 32.0. The van der Waals surface area contributed by atoms with Crippen molar-refractivity contribution in [2.75, 3.05) is 6.54 Å². The molecule has 26 heavy (non-hydrogen) atoms. The second-order valence-electron chi connectivity index (χ2n) is 6.68. The Kier molecular flexibility index (Phi) is 8.81. The summed E-state index contributed by atoms with van der Waals surface area (Å²) in [7, 11) is -1.24.